The lowest BCUT2D eigenvalue weighted by Crippen LogP contribution is -2.35. The van der Waals surface area contributed by atoms with Gasteiger partial charge in [-0.15, -0.1) is 0 Å². The molecule has 0 saturated heterocycles. The molecule has 0 fully saturated rings. The second-order valence-electron chi connectivity index (χ2n) is 5.14. The van der Waals surface area contributed by atoms with Crippen molar-refractivity contribution in [2.75, 3.05) is 13.6 Å². The summed E-state index contributed by atoms with van der Waals surface area (Å²) in [5.41, 5.74) is 2.46. The van der Waals surface area contributed by atoms with Crippen LogP contribution in [0.5, 0.6) is 0 Å². The normalized spacial score (nSPS) is 10.4. The summed E-state index contributed by atoms with van der Waals surface area (Å²) in [6.45, 7) is -0.0785. The Labute approximate surface area is 138 Å². The molecule has 0 aliphatic heterocycles. The van der Waals surface area contributed by atoms with Gasteiger partial charge in [-0.25, -0.2) is 4.98 Å². The van der Waals surface area contributed by atoms with Crippen LogP contribution in [0.1, 0.15) is 10.4 Å². The number of rotatable bonds is 4. The van der Waals surface area contributed by atoms with Crippen molar-refractivity contribution in [1.29, 1.82) is 0 Å². The van der Waals surface area contributed by atoms with Crippen LogP contribution in [0.15, 0.2) is 54.7 Å². The van der Waals surface area contributed by atoms with E-state index >= 15 is 0 Å². The summed E-state index contributed by atoms with van der Waals surface area (Å²) in [7, 11) is 1.52. The summed E-state index contributed by atoms with van der Waals surface area (Å²) in [6.07, 6.45) is 1.68. The highest BCUT2D eigenvalue weighted by atomic mass is 16.2. The smallest absolute Gasteiger partial charge is 0.252 e. The predicted octanol–water partition coefficient (Wildman–Crippen LogP) is 1.77. The Kier molecular flexibility index (Phi) is 4.47. The van der Waals surface area contributed by atoms with E-state index in [-0.39, 0.29) is 18.4 Å². The molecule has 0 spiro atoms. The minimum absolute atomic E-state index is 0.0785. The summed E-state index contributed by atoms with van der Waals surface area (Å²) in [5, 5.41) is 5.82. The fourth-order valence-corrected chi connectivity index (χ4v) is 2.35. The third kappa shape index (κ3) is 3.22. The fraction of sp³-hybridized carbons (Fsp3) is 0.111. The largest absolute Gasteiger partial charge is 0.358 e. The van der Waals surface area contributed by atoms with Crippen LogP contribution >= 0.6 is 0 Å². The summed E-state index contributed by atoms with van der Waals surface area (Å²) in [6, 6.07) is 14.6. The van der Waals surface area contributed by atoms with Crippen molar-refractivity contribution in [3.63, 3.8) is 0 Å². The Balaban J connectivity index is 2.05. The SMILES string of the molecule is CNC(=O)CNC(=O)c1cc(-c2ccccn2)nc2ccccc12. The number of carbonyl (C=O) groups is 2. The number of pyridine rings is 2. The summed E-state index contributed by atoms with van der Waals surface area (Å²) in [5.74, 6) is -0.582. The van der Waals surface area contributed by atoms with Gasteiger partial charge in [0.25, 0.3) is 5.91 Å². The van der Waals surface area contributed by atoms with E-state index in [0.29, 0.717) is 22.5 Å². The highest BCUT2D eigenvalue weighted by Crippen LogP contribution is 2.23. The van der Waals surface area contributed by atoms with Crippen LogP contribution in [0.3, 0.4) is 0 Å². The minimum atomic E-state index is -0.325. The molecule has 6 heteroatoms. The number of aromatic nitrogens is 2. The van der Waals surface area contributed by atoms with Crippen molar-refractivity contribution >= 4 is 22.7 Å². The first kappa shape index (κ1) is 15.6. The average Bonchev–Trinajstić information content (AvgIpc) is 2.65. The minimum Gasteiger partial charge on any atom is -0.358 e. The Hall–Kier alpha value is -3.28. The van der Waals surface area contributed by atoms with Crippen LogP contribution in [0.2, 0.25) is 0 Å². The van der Waals surface area contributed by atoms with E-state index in [9.17, 15) is 9.59 Å². The monoisotopic (exact) mass is 320 g/mol. The molecule has 0 aliphatic carbocycles. The first-order chi connectivity index (χ1) is 11.7. The maximum Gasteiger partial charge on any atom is 0.252 e. The number of para-hydroxylation sites is 1. The van der Waals surface area contributed by atoms with Crippen molar-refractivity contribution in [3.8, 4) is 11.4 Å². The van der Waals surface area contributed by atoms with Gasteiger partial charge in [0.05, 0.1) is 29.0 Å². The van der Waals surface area contributed by atoms with Gasteiger partial charge in [-0.3, -0.25) is 14.6 Å². The van der Waals surface area contributed by atoms with E-state index in [2.05, 4.69) is 20.6 Å². The Morgan fingerprint density at radius 2 is 1.83 bits per heavy atom. The molecule has 2 aromatic heterocycles. The molecule has 2 N–H and O–H groups in total. The van der Waals surface area contributed by atoms with Crippen LogP contribution in [-0.4, -0.2) is 35.4 Å². The average molecular weight is 320 g/mol. The van der Waals surface area contributed by atoms with E-state index in [1.807, 2.05) is 42.5 Å². The van der Waals surface area contributed by atoms with Crippen molar-refractivity contribution in [2.45, 2.75) is 0 Å². The molecular weight excluding hydrogens is 304 g/mol. The fourth-order valence-electron chi connectivity index (χ4n) is 2.35. The van der Waals surface area contributed by atoms with Gasteiger partial charge < -0.3 is 10.6 Å². The second kappa shape index (κ2) is 6.87. The van der Waals surface area contributed by atoms with Crippen molar-refractivity contribution in [2.24, 2.45) is 0 Å². The van der Waals surface area contributed by atoms with Crippen LogP contribution in [0.25, 0.3) is 22.3 Å². The lowest BCUT2D eigenvalue weighted by atomic mass is 10.1. The van der Waals surface area contributed by atoms with Crippen LogP contribution in [0.4, 0.5) is 0 Å². The number of nitrogens with zero attached hydrogens (tertiary/aromatic N) is 2. The Bertz CT molecular complexity index is 894. The van der Waals surface area contributed by atoms with Gasteiger partial charge in [0.15, 0.2) is 0 Å². The molecule has 1 aromatic carbocycles. The molecule has 0 atom stereocenters. The van der Waals surface area contributed by atoms with Gasteiger partial charge in [-0.1, -0.05) is 24.3 Å². The van der Waals surface area contributed by atoms with E-state index in [1.54, 1.807) is 12.3 Å². The number of hydrogen-bond donors (Lipinski definition) is 2. The topological polar surface area (TPSA) is 84.0 Å². The molecular formula is C18H16N4O2. The molecule has 6 nitrogen and oxygen atoms in total. The molecule has 2 amide bonds. The molecule has 3 rings (SSSR count). The van der Waals surface area contributed by atoms with E-state index in [1.165, 1.54) is 7.05 Å². The van der Waals surface area contributed by atoms with Gasteiger partial charge in [0.2, 0.25) is 5.91 Å². The van der Waals surface area contributed by atoms with Gasteiger partial charge in [-0.2, -0.15) is 0 Å². The molecule has 0 saturated carbocycles. The third-order valence-electron chi connectivity index (χ3n) is 3.58. The van der Waals surface area contributed by atoms with Gasteiger partial charge in [0.1, 0.15) is 0 Å². The third-order valence-corrected chi connectivity index (χ3v) is 3.58. The molecule has 0 aliphatic rings. The Morgan fingerprint density at radius 3 is 2.58 bits per heavy atom. The summed E-state index contributed by atoms with van der Waals surface area (Å²) >= 11 is 0. The van der Waals surface area contributed by atoms with E-state index in [4.69, 9.17) is 0 Å². The summed E-state index contributed by atoms with van der Waals surface area (Å²) in [4.78, 5) is 32.7. The van der Waals surface area contributed by atoms with Gasteiger partial charge in [0, 0.05) is 18.6 Å². The van der Waals surface area contributed by atoms with Crippen LogP contribution in [-0.2, 0) is 4.79 Å². The number of hydrogen-bond acceptors (Lipinski definition) is 4. The summed E-state index contributed by atoms with van der Waals surface area (Å²) < 4.78 is 0. The lowest BCUT2D eigenvalue weighted by molar-refractivity contribution is -0.119. The van der Waals surface area contributed by atoms with Crippen molar-refractivity contribution in [3.05, 3.63) is 60.3 Å². The lowest BCUT2D eigenvalue weighted by Gasteiger charge is -2.10. The Morgan fingerprint density at radius 1 is 1.04 bits per heavy atom. The van der Waals surface area contributed by atoms with E-state index in [0.717, 1.165) is 5.39 Å². The number of nitrogens with one attached hydrogen (secondary N) is 2. The molecule has 120 valence electrons. The molecule has 3 aromatic rings. The molecule has 0 bridgehead atoms. The maximum atomic E-state index is 12.5. The molecule has 24 heavy (non-hydrogen) atoms. The maximum absolute atomic E-state index is 12.5. The number of carbonyl (C=O) groups excluding carboxylic acids is 2. The quantitative estimate of drug-likeness (QED) is 0.767. The zero-order valence-electron chi connectivity index (χ0n) is 13.1. The van der Waals surface area contributed by atoms with Gasteiger partial charge in [-0.05, 0) is 24.3 Å². The predicted molar refractivity (Wildman–Crippen MR) is 91.4 cm³/mol. The highest BCUT2D eigenvalue weighted by molar-refractivity contribution is 6.07. The van der Waals surface area contributed by atoms with Gasteiger partial charge >= 0.3 is 0 Å². The first-order valence-corrected chi connectivity index (χ1v) is 7.49. The van der Waals surface area contributed by atoms with Crippen LogP contribution in [0, 0.1) is 0 Å². The highest BCUT2D eigenvalue weighted by Gasteiger charge is 2.14. The second-order valence-corrected chi connectivity index (χ2v) is 5.14. The number of fused-ring (bicyclic) bond motifs is 1. The number of benzene rings is 1. The zero-order chi connectivity index (χ0) is 16.9. The number of amides is 2. The van der Waals surface area contributed by atoms with E-state index < -0.39 is 0 Å². The molecule has 0 unspecified atom stereocenters. The first-order valence-electron chi connectivity index (χ1n) is 7.49. The zero-order valence-corrected chi connectivity index (χ0v) is 13.1. The number of likely N-dealkylation sites (N-methyl/N-ethyl adjacent to an activating group) is 1. The van der Waals surface area contributed by atoms with Crippen molar-refractivity contribution < 1.29 is 9.59 Å². The molecule has 2 heterocycles. The molecule has 0 radical (unpaired) electrons. The van der Waals surface area contributed by atoms with Crippen molar-refractivity contribution in [1.82, 2.24) is 20.6 Å². The van der Waals surface area contributed by atoms with Crippen LogP contribution < -0.4 is 10.6 Å². The standard InChI is InChI=1S/C18H16N4O2/c1-19-17(23)11-21-18(24)13-10-16(15-8-4-5-9-20-15)22-14-7-3-2-6-12(13)14/h2-10H,11H2,1H3,(H,19,23)(H,21,24).